The number of Topliss-reactive ketones (excluding diaryl/α,β-unsaturated/α-hetero) is 1. The Balaban J connectivity index is 1.59. The molecule has 0 amide bonds. The van der Waals surface area contributed by atoms with E-state index in [1.807, 2.05) is 0 Å². The fraction of sp³-hybridized carbons (Fsp3) is 0.0909. The number of hydrogen-bond acceptors (Lipinski definition) is 4. The largest absolute Gasteiger partial charge is 0.457 e. The van der Waals surface area contributed by atoms with E-state index in [0.717, 1.165) is 18.2 Å². The second-order valence-electron chi connectivity index (χ2n) is 6.27. The topological polar surface area (TPSA) is 52.6 Å². The van der Waals surface area contributed by atoms with Gasteiger partial charge in [-0.15, -0.1) is 0 Å². The molecule has 0 saturated heterocycles. The van der Waals surface area contributed by atoms with E-state index < -0.39 is 41.5 Å². The summed E-state index contributed by atoms with van der Waals surface area (Å²) in [4.78, 5) is 25.0. The summed E-state index contributed by atoms with van der Waals surface area (Å²) in [6.45, 7) is -0.694. The number of fused-ring (bicyclic) bond motifs is 2. The molecule has 1 aliphatic rings. The van der Waals surface area contributed by atoms with Gasteiger partial charge < -0.3 is 9.47 Å². The fourth-order valence-corrected chi connectivity index (χ4v) is 3.17. The van der Waals surface area contributed by atoms with Crippen LogP contribution >= 0.6 is 0 Å². The predicted molar refractivity (Wildman–Crippen MR) is 96.4 cm³/mol. The first-order chi connectivity index (χ1) is 13.5. The van der Waals surface area contributed by atoms with E-state index in [4.69, 9.17) is 9.47 Å². The van der Waals surface area contributed by atoms with Gasteiger partial charge in [-0.25, -0.2) is 8.78 Å². The Hall–Kier alpha value is -3.54. The summed E-state index contributed by atoms with van der Waals surface area (Å²) in [5, 5.41) is 0. The first-order valence-corrected chi connectivity index (χ1v) is 8.55. The van der Waals surface area contributed by atoms with Crippen LogP contribution in [0.1, 0.15) is 27.4 Å². The summed E-state index contributed by atoms with van der Waals surface area (Å²) in [7, 11) is 0. The molecule has 4 nitrogen and oxygen atoms in total. The fourth-order valence-electron chi connectivity index (χ4n) is 3.17. The number of ketones is 1. The molecule has 0 fully saturated rings. The second kappa shape index (κ2) is 7.23. The normalized spacial score (nSPS) is 12.5. The van der Waals surface area contributed by atoms with Crippen LogP contribution in [0.5, 0.6) is 11.5 Å². The molecule has 4 rings (SSSR count). The van der Waals surface area contributed by atoms with Crippen LogP contribution < -0.4 is 4.74 Å². The minimum atomic E-state index is -0.871. The Kier molecular flexibility index (Phi) is 4.61. The SMILES string of the molecule is O=C(COC(=O)C1c2ccccc2Oc2ccccc21)c1cc(F)ccc1F. The van der Waals surface area contributed by atoms with Crippen molar-refractivity contribution in [3.63, 3.8) is 0 Å². The highest BCUT2D eigenvalue weighted by atomic mass is 19.1. The van der Waals surface area contributed by atoms with Gasteiger partial charge in [0.1, 0.15) is 29.1 Å². The minimum absolute atomic E-state index is 0.458. The standard InChI is InChI=1S/C22H14F2O4/c23-13-9-10-17(24)16(11-13)18(25)12-27-22(26)21-14-5-1-3-7-19(14)28-20-8-4-2-6-15(20)21/h1-11,21H,12H2. The highest BCUT2D eigenvalue weighted by Gasteiger charge is 2.34. The van der Waals surface area contributed by atoms with Crippen molar-refractivity contribution in [2.45, 2.75) is 5.92 Å². The number of carbonyl (C=O) groups excluding carboxylic acids is 2. The smallest absolute Gasteiger partial charge is 0.318 e. The zero-order chi connectivity index (χ0) is 19.7. The first kappa shape index (κ1) is 17.9. The third kappa shape index (κ3) is 3.24. The summed E-state index contributed by atoms with van der Waals surface area (Å²) < 4.78 is 38.0. The highest BCUT2D eigenvalue weighted by molar-refractivity contribution is 5.98. The quantitative estimate of drug-likeness (QED) is 0.489. The van der Waals surface area contributed by atoms with E-state index in [-0.39, 0.29) is 0 Å². The van der Waals surface area contributed by atoms with Crippen LogP contribution in [0.25, 0.3) is 0 Å². The van der Waals surface area contributed by atoms with Gasteiger partial charge in [-0.2, -0.15) is 0 Å². The molecule has 0 radical (unpaired) electrons. The Morgan fingerprint density at radius 2 is 1.50 bits per heavy atom. The average Bonchev–Trinajstić information content (AvgIpc) is 2.71. The Morgan fingerprint density at radius 1 is 0.893 bits per heavy atom. The second-order valence-corrected chi connectivity index (χ2v) is 6.27. The van der Waals surface area contributed by atoms with Gasteiger partial charge in [0.15, 0.2) is 6.61 Å². The Morgan fingerprint density at radius 3 is 2.14 bits per heavy atom. The van der Waals surface area contributed by atoms with Gasteiger partial charge >= 0.3 is 5.97 Å². The lowest BCUT2D eigenvalue weighted by Crippen LogP contribution is -2.24. The maximum Gasteiger partial charge on any atom is 0.318 e. The molecule has 140 valence electrons. The number of benzene rings is 3. The van der Waals surface area contributed by atoms with Crippen LogP contribution in [-0.4, -0.2) is 18.4 Å². The number of halogens is 2. The van der Waals surface area contributed by atoms with Crippen LogP contribution in [0, 0.1) is 11.6 Å². The molecule has 0 N–H and O–H groups in total. The lowest BCUT2D eigenvalue weighted by Gasteiger charge is -2.26. The van der Waals surface area contributed by atoms with Crippen LogP contribution in [-0.2, 0) is 9.53 Å². The average molecular weight is 380 g/mol. The van der Waals surface area contributed by atoms with Gasteiger partial charge in [0.05, 0.1) is 5.56 Å². The van der Waals surface area contributed by atoms with E-state index in [1.165, 1.54) is 0 Å². The van der Waals surface area contributed by atoms with Crippen molar-refractivity contribution in [3.05, 3.63) is 95.1 Å². The van der Waals surface area contributed by atoms with Gasteiger partial charge in [-0.05, 0) is 30.3 Å². The molecule has 0 aliphatic carbocycles. The number of esters is 1. The maximum absolute atomic E-state index is 13.7. The lowest BCUT2D eigenvalue weighted by molar-refractivity contribution is -0.143. The maximum atomic E-state index is 13.7. The molecule has 3 aromatic carbocycles. The predicted octanol–water partition coefficient (Wildman–Crippen LogP) is 4.63. The highest BCUT2D eigenvalue weighted by Crippen LogP contribution is 2.44. The first-order valence-electron chi connectivity index (χ1n) is 8.55. The van der Waals surface area contributed by atoms with Crippen molar-refractivity contribution in [2.75, 3.05) is 6.61 Å². The van der Waals surface area contributed by atoms with Gasteiger partial charge in [-0.3, -0.25) is 9.59 Å². The number of hydrogen-bond donors (Lipinski definition) is 0. The van der Waals surface area contributed by atoms with E-state index in [1.54, 1.807) is 48.5 Å². The van der Waals surface area contributed by atoms with Crippen molar-refractivity contribution in [3.8, 4) is 11.5 Å². The Labute approximate surface area is 159 Å². The molecule has 0 aromatic heterocycles. The lowest BCUT2D eigenvalue weighted by atomic mass is 9.88. The van der Waals surface area contributed by atoms with Crippen molar-refractivity contribution < 1.29 is 27.8 Å². The molecular formula is C22H14F2O4. The molecule has 6 heteroatoms. The molecule has 0 saturated carbocycles. The van der Waals surface area contributed by atoms with Crippen LogP contribution in [0.2, 0.25) is 0 Å². The number of carbonyl (C=O) groups is 2. The van der Waals surface area contributed by atoms with Gasteiger partial charge in [-0.1, -0.05) is 36.4 Å². The molecule has 28 heavy (non-hydrogen) atoms. The number of para-hydroxylation sites is 2. The van der Waals surface area contributed by atoms with E-state index >= 15 is 0 Å². The number of ether oxygens (including phenoxy) is 2. The molecular weight excluding hydrogens is 366 g/mol. The zero-order valence-corrected chi connectivity index (χ0v) is 14.5. The van der Waals surface area contributed by atoms with Crippen molar-refractivity contribution >= 4 is 11.8 Å². The summed E-state index contributed by atoms with van der Waals surface area (Å²) >= 11 is 0. The summed E-state index contributed by atoms with van der Waals surface area (Å²) in [5.41, 5.74) is 0.756. The summed E-state index contributed by atoms with van der Waals surface area (Å²) in [6, 6.07) is 16.6. The minimum Gasteiger partial charge on any atom is -0.457 e. The zero-order valence-electron chi connectivity index (χ0n) is 14.5. The third-order valence-corrected chi connectivity index (χ3v) is 4.49. The summed E-state index contributed by atoms with van der Waals surface area (Å²) in [6.07, 6.45) is 0. The molecule has 3 aromatic rings. The monoisotopic (exact) mass is 380 g/mol. The van der Waals surface area contributed by atoms with E-state index in [0.29, 0.717) is 22.6 Å². The molecule has 0 bridgehead atoms. The number of rotatable bonds is 4. The van der Waals surface area contributed by atoms with Crippen LogP contribution in [0.4, 0.5) is 8.78 Å². The van der Waals surface area contributed by atoms with Crippen molar-refractivity contribution in [1.82, 2.24) is 0 Å². The van der Waals surface area contributed by atoms with Gasteiger partial charge in [0.2, 0.25) is 5.78 Å². The van der Waals surface area contributed by atoms with Gasteiger partial charge in [0.25, 0.3) is 0 Å². The molecule has 0 unspecified atom stereocenters. The van der Waals surface area contributed by atoms with E-state index in [2.05, 4.69) is 0 Å². The summed E-state index contributed by atoms with van der Waals surface area (Å²) in [5.74, 6) is -2.86. The molecule has 1 aliphatic heterocycles. The van der Waals surface area contributed by atoms with Crippen molar-refractivity contribution in [2.24, 2.45) is 0 Å². The van der Waals surface area contributed by atoms with Gasteiger partial charge in [0, 0.05) is 11.1 Å². The molecule has 1 heterocycles. The van der Waals surface area contributed by atoms with Crippen LogP contribution in [0.15, 0.2) is 66.7 Å². The molecule has 0 spiro atoms. The Bertz CT molecular complexity index is 1030. The van der Waals surface area contributed by atoms with E-state index in [9.17, 15) is 18.4 Å². The molecule has 0 atom stereocenters. The van der Waals surface area contributed by atoms with Crippen molar-refractivity contribution in [1.29, 1.82) is 0 Å². The third-order valence-electron chi connectivity index (χ3n) is 4.49. The van der Waals surface area contributed by atoms with Crippen LogP contribution in [0.3, 0.4) is 0 Å².